The monoisotopic (exact) mass is 248 g/mol. The largest absolute Gasteiger partial charge is 0.481 e. The van der Waals surface area contributed by atoms with Gasteiger partial charge in [-0.2, -0.15) is 0 Å². The molecule has 4 saturated carbocycles. The quantitative estimate of drug-likeness (QED) is 0.774. The summed E-state index contributed by atoms with van der Waals surface area (Å²) in [5.74, 6) is -2.07. The molecule has 2 nitrogen and oxygen atoms in total. The Balaban J connectivity index is 2.16. The Hall–Kier alpha value is -0.740. The minimum Gasteiger partial charge on any atom is -0.481 e. The van der Waals surface area contributed by atoms with Crippen molar-refractivity contribution in [2.45, 2.75) is 56.0 Å². The van der Waals surface area contributed by atoms with Crippen molar-refractivity contribution in [3.63, 3.8) is 0 Å². The SMILES string of the molecule is CC1C2(F)CC3(F)CC(F)(C2)CC1(C(=O)O)C3. The molecule has 0 saturated heterocycles. The first-order chi connectivity index (χ1) is 7.63. The van der Waals surface area contributed by atoms with Crippen LogP contribution in [0.5, 0.6) is 0 Å². The van der Waals surface area contributed by atoms with E-state index in [1.807, 2.05) is 0 Å². The zero-order chi connectivity index (χ0) is 12.7. The summed E-state index contributed by atoms with van der Waals surface area (Å²) in [6, 6.07) is 0. The third kappa shape index (κ3) is 1.20. The molecule has 4 bridgehead atoms. The Morgan fingerprint density at radius 2 is 1.53 bits per heavy atom. The Morgan fingerprint density at radius 3 is 1.94 bits per heavy atom. The average molecular weight is 248 g/mol. The van der Waals surface area contributed by atoms with Gasteiger partial charge in [0.25, 0.3) is 0 Å². The fraction of sp³-hybridized carbons (Fsp3) is 0.917. The van der Waals surface area contributed by atoms with Crippen LogP contribution in [0.25, 0.3) is 0 Å². The van der Waals surface area contributed by atoms with Gasteiger partial charge in [-0.1, -0.05) is 6.92 Å². The van der Waals surface area contributed by atoms with Gasteiger partial charge in [-0.15, -0.1) is 0 Å². The van der Waals surface area contributed by atoms with Crippen LogP contribution in [0.15, 0.2) is 0 Å². The molecular formula is C12H15F3O2. The van der Waals surface area contributed by atoms with Crippen molar-refractivity contribution in [1.82, 2.24) is 0 Å². The van der Waals surface area contributed by atoms with Gasteiger partial charge in [0.2, 0.25) is 0 Å². The van der Waals surface area contributed by atoms with Crippen LogP contribution in [0, 0.1) is 11.3 Å². The van der Waals surface area contributed by atoms with Gasteiger partial charge in [0.15, 0.2) is 0 Å². The molecule has 0 amide bonds. The van der Waals surface area contributed by atoms with Crippen LogP contribution in [-0.2, 0) is 4.79 Å². The van der Waals surface area contributed by atoms with E-state index >= 15 is 0 Å². The number of rotatable bonds is 1. The zero-order valence-corrected chi connectivity index (χ0v) is 9.60. The highest BCUT2D eigenvalue weighted by molar-refractivity contribution is 5.77. The van der Waals surface area contributed by atoms with Crippen LogP contribution in [0.2, 0.25) is 0 Å². The molecule has 0 spiro atoms. The summed E-state index contributed by atoms with van der Waals surface area (Å²) in [6.45, 7) is 1.48. The molecule has 0 radical (unpaired) electrons. The Morgan fingerprint density at radius 1 is 1.06 bits per heavy atom. The van der Waals surface area contributed by atoms with Gasteiger partial charge in [0.1, 0.15) is 17.0 Å². The second kappa shape index (κ2) is 2.64. The van der Waals surface area contributed by atoms with E-state index < -0.39 is 34.3 Å². The molecule has 4 aliphatic carbocycles. The lowest BCUT2D eigenvalue weighted by molar-refractivity contribution is -0.250. The molecule has 3 atom stereocenters. The smallest absolute Gasteiger partial charge is 0.310 e. The first-order valence-electron chi connectivity index (χ1n) is 5.93. The van der Waals surface area contributed by atoms with E-state index in [0.29, 0.717) is 0 Å². The number of alkyl halides is 3. The first-order valence-corrected chi connectivity index (χ1v) is 5.93. The minimum absolute atomic E-state index is 0.242. The van der Waals surface area contributed by atoms with Crippen LogP contribution in [0.1, 0.15) is 39.0 Å². The molecule has 0 aliphatic heterocycles. The van der Waals surface area contributed by atoms with E-state index in [2.05, 4.69) is 0 Å². The summed E-state index contributed by atoms with van der Waals surface area (Å²) in [5.41, 5.74) is -7.53. The Bertz CT molecular complexity index is 391. The second-order valence-corrected chi connectivity index (χ2v) is 6.40. The maximum atomic E-state index is 14.6. The molecular weight excluding hydrogens is 233 g/mol. The van der Waals surface area contributed by atoms with Crippen LogP contribution in [0.3, 0.4) is 0 Å². The molecule has 17 heavy (non-hydrogen) atoms. The third-order valence-electron chi connectivity index (χ3n) is 5.15. The van der Waals surface area contributed by atoms with Crippen LogP contribution in [0.4, 0.5) is 13.2 Å². The lowest BCUT2D eigenvalue weighted by atomic mass is 9.42. The number of carboxylic acids is 1. The molecule has 4 aliphatic rings. The molecule has 0 aromatic heterocycles. The maximum absolute atomic E-state index is 14.6. The first kappa shape index (κ1) is 11.4. The van der Waals surface area contributed by atoms with E-state index in [1.165, 1.54) is 6.92 Å². The Labute approximate surface area is 97.2 Å². The van der Waals surface area contributed by atoms with Crippen molar-refractivity contribution < 1.29 is 23.1 Å². The van der Waals surface area contributed by atoms with Crippen LogP contribution < -0.4 is 0 Å². The molecule has 3 unspecified atom stereocenters. The van der Waals surface area contributed by atoms with Crippen molar-refractivity contribution in [3.05, 3.63) is 0 Å². The van der Waals surface area contributed by atoms with E-state index in [-0.39, 0.29) is 32.1 Å². The fourth-order valence-electron chi connectivity index (χ4n) is 4.70. The fourth-order valence-corrected chi connectivity index (χ4v) is 4.70. The van der Waals surface area contributed by atoms with E-state index in [0.717, 1.165) is 0 Å². The molecule has 0 heterocycles. The predicted octanol–water partition coefficient (Wildman–Crippen LogP) is 2.81. The van der Waals surface area contributed by atoms with Crippen molar-refractivity contribution >= 4 is 5.97 Å². The van der Waals surface area contributed by atoms with Crippen LogP contribution >= 0.6 is 0 Å². The standard InChI is InChI=1S/C12H15F3O2/c1-7-11(8(16)17)3-9(13)2-10(14,4-11)6-12(7,15)5-9/h7H,2-6H2,1H3,(H,16,17). The van der Waals surface area contributed by atoms with E-state index in [9.17, 15) is 23.1 Å². The van der Waals surface area contributed by atoms with E-state index in [4.69, 9.17) is 0 Å². The summed E-state index contributed by atoms with van der Waals surface area (Å²) < 4.78 is 43.4. The van der Waals surface area contributed by atoms with Crippen molar-refractivity contribution in [2.75, 3.05) is 0 Å². The number of hydrogen-bond acceptors (Lipinski definition) is 1. The molecule has 4 rings (SSSR count). The van der Waals surface area contributed by atoms with Gasteiger partial charge in [0, 0.05) is 25.2 Å². The second-order valence-electron chi connectivity index (χ2n) is 6.40. The third-order valence-corrected chi connectivity index (χ3v) is 5.15. The normalized spacial score (nSPS) is 60.6. The molecule has 0 aromatic rings. The van der Waals surface area contributed by atoms with Crippen LogP contribution in [-0.4, -0.2) is 28.1 Å². The molecule has 4 fully saturated rings. The van der Waals surface area contributed by atoms with Crippen molar-refractivity contribution in [2.24, 2.45) is 11.3 Å². The van der Waals surface area contributed by atoms with Gasteiger partial charge in [-0.05, 0) is 12.8 Å². The highest BCUT2D eigenvalue weighted by Crippen LogP contribution is 2.70. The minimum atomic E-state index is -2.00. The molecule has 0 aromatic carbocycles. The molecule has 96 valence electrons. The van der Waals surface area contributed by atoms with Crippen molar-refractivity contribution in [3.8, 4) is 0 Å². The predicted molar refractivity (Wildman–Crippen MR) is 53.8 cm³/mol. The summed E-state index contributed by atoms with van der Waals surface area (Å²) >= 11 is 0. The van der Waals surface area contributed by atoms with Gasteiger partial charge in [-0.25, -0.2) is 13.2 Å². The number of hydrogen-bond donors (Lipinski definition) is 1. The molecule has 1 N–H and O–H groups in total. The lowest BCUT2D eigenvalue weighted by Gasteiger charge is -2.64. The van der Waals surface area contributed by atoms with E-state index in [1.54, 1.807) is 0 Å². The number of aliphatic carboxylic acids is 1. The highest BCUT2D eigenvalue weighted by Gasteiger charge is 2.75. The Kier molecular flexibility index (Phi) is 1.77. The lowest BCUT2D eigenvalue weighted by Crippen LogP contribution is -2.71. The maximum Gasteiger partial charge on any atom is 0.310 e. The number of carbonyl (C=O) groups is 1. The summed E-state index contributed by atoms with van der Waals surface area (Å²) in [7, 11) is 0. The summed E-state index contributed by atoms with van der Waals surface area (Å²) in [5, 5.41) is 9.29. The average Bonchev–Trinajstić information content (AvgIpc) is 2.08. The highest BCUT2D eigenvalue weighted by atomic mass is 19.2. The topological polar surface area (TPSA) is 37.3 Å². The number of halogens is 3. The zero-order valence-electron chi connectivity index (χ0n) is 9.60. The summed E-state index contributed by atoms with van der Waals surface area (Å²) in [4.78, 5) is 11.4. The van der Waals surface area contributed by atoms with Gasteiger partial charge >= 0.3 is 5.97 Å². The van der Waals surface area contributed by atoms with Crippen molar-refractivity contribution in [1.29, 1.82) is 0 Å². The molecule has 5 heteroatoms. The van der Waals surface area contributed by atoms with Gasteiger partial charge < -0.3 is 5.11 Å². The number of carboxylic acid groups (broad SMARTS) is 1. The van der Waals surface area contributed by atoms with Gasteiger partial charge in [-0.3, -0.25) is 4.79 Å². The van der Waals surface area contributed by atoms with Gasteiger partial charge in [0.05, 0.1) is 5.41 Å². The summed E-state index contributed by atoms with van der Waals surface area (Å²) in [6.07, 6.45) is -1.52.